The average molecular weight is 404 g/mol. The van der Waals surface area contributed by atoms with Gasteiger partial charge in [-0.2, -0.15) is 0 Å². The molecule has 4 nitrogen and oxygen atoms in total. The summed E-state index contributed by atoms with van der Waals surface area (Å²) >= 11 is 12.3. The van der Waals surface area contributed by atoms with Gasteiger partial charge in [0.1, 0.15) is 0 Å². The Kier molecular flexibility index (Phi) is 9.25. The Bertz CT molecular complexity index is 706. The van der Waals surface area contributed by atoms with Gasteiger partial charge in [-0.3, -0.25) is 4.79 Å². The summed E-state index contributed by atoms with van der Waals surface area (Å²) in [6, 6.07) is 13.2. The Hall–Kier alpha value is -1.30. The quantitative estimate of drug-likeness (QED) is 0.732. The van der Waals surface area contributed by atoms with E-state index in [-0.39, 0.29) is 30.8 Å². The standard InChI is InChI=1S/C18H20Cl2N2O2.ClH/c1-24-14(10-21)9-18(23)22-11-12-4-2-3-5-15(12)16-7-6-13(19)8-17(16)20;/h2-8,14H,9-11,21H2,1H3,(H,22,23);1H. The van der Waals surface area contributed by atoms with Crippen LogP contribution in [0.25, 0.3) is 11.1 Å². The average Bonchev–Trinajstić information content (AvgIpc) is 2.58. The number of hydrogen-bond acceptors (Lipinski definition) is 3. The van der Waals surface area contributed by atoms with Crippen LogP contribution in [0.15, 0.2) is 42.5 Å². The molecule has 0 spiro atoms. The molecular weight excluding hydrogens is 383 g/mol. The highest BCUT2D eigenvalue weighted by molar-refractivity contribution is 6.36. The number of carbonyl (C=O) groups excluding carboxylic acids is 1. The predicted molar refractivity (Wildman–Crippen MR) is 105 cm³/mol. The summed E-state index contributed by atoms with van der Waals surface area (Å²) in [4.78, 5) is 12.0. The number of amides is 1. The number of carbonyl (C=O) groups is 1. The van der Waals surface area contributed by atoms with Crippen molar-refractivity contribution in [3.8, 4) is 11.1 Å². The Morgan fingerprint density at radius 1 is 1.20 bits per heavy atom. The van der Waals surface area contributed by atoms with Crippen LogP contribution in [-0.4, -0.2) is 25.7 Å². The molecule has 0 fully saturated rings. The van der Waals surface area contributed by atoms with Gasteiger partial charge in [-0.05, 0) is 23.3 Å². The van der Waals surface area contributed by atoms with E-state index in [4.69, 9.17) is 33.7 Å². The zero-order chi connectivity index (χ0) is 17.5. The van der Waals surface area contributed by atoms with Gasteiger partial charge in [-0.1, -0.05) is 53.5 Å². The summed E-state index contributed by atoms with van der Waals surface area (Å²) in [7, 11) is 1.54. The maximum Gasteiger partial charge on any atom is 0.222 e. The number of nitrogens with two attached hydrogens (primary N) is 1. The highest BCUT2D eigenvalue weighted by atomic mass is 35.5. The molecule has 0 bridgehead atoms. The second-order valence-electron chi connectivity index (χ2n) is 5.36. The molecule has 0 aliphatic carbocycles. The molecule has 0 aliphatic rings. The number of ether oxygens (including phenoxy) is 1. The first-order chi connectivity index (χ1) is 11.5. The second-order valence-corrected chi connectivity index (χ2v) is 6.20. The molecule has 1 unspecified atom stereocenters. The van der Waals surface area contributed by atoms with E-state index in [2.05, 4.69) is 5.32 Å². The Morgan fingerprint density at radius 2 is 1.92 bits per heavy atom. The summed E-state index contributed by atoms with van der Waals surface area (Å²) in [5, 5.41) is 4.05. The molecule has 1 atom stereocenters. The van der Waals surface area contributed by atoms with E-state index in [1.54, 1.807) is 19.2 Å². The fourth-order valence-electron chi connectivity index (χ4n) is 2.38. The Morgan fingerprint density at radius 3 is 2.56 bits per heavy atom. The van der Waals surface area contributed by atoms with Crippen molar-refractivity contribution in [3.63, 3.8) is 0 Å². The van der Waals surface area contributed by atoms with Gasteiger partial charge in [0.25, 0.3) is 0 Å². The highest BCUT2D eigenvalue weighted by Crippen LogP contribution is 2.32. The van der Waals surface area contributed by atoms with E-state index < -0.39 is 0 Å². The number of hydrogen-bond donors (Lipinski definition) is 2. The fourth-order valence-corrected chi connectivity index (χ4v) is 2.89. The lowest BCUT2D eigenvalue weighted by Gasteiger charge is -2.15. The van der Waals surface area contributed by atoms with Crippen molar-refractivity contribution in [2.75, 3.05) is 13.7 Å². The first kappa shape index (κ1) is 21.7. The molecule has 2 aromatic rings. The first-order valence-electron chi connectivity index (χ1n) is 7.58. The van der Waals surface area contributed by atoms with E-state index in [0.717, 1.165) is 16.7 Å². The van der Waals surface area contributed by atoms with Crippen LogP contribution in [0, 0.1) is 0 Å². The largest absolute Gasteiger partial charge is 0.380 e. The minimum Gasteiger partial charge on any atom is -0.380 e. The molecule has 0 aliphatic heterocycles. The van der Waals surface area contributed by atoms with Crippen molar-refractivity contribution in [2.24, 2.45) is 5.73 Å². The smallest absolute Gasteiger partial charge is 0.222 e. The zero-order valence-corrected chi connectivity index (χ0v) is 16.1. The Labute approximate surface area is 164 Å². The number of nitrogens with one attached hydrogen (secondary N) is 1. The summed E-state index contributed by atoms with van der Waals surface area (Å²) in [5.41, 5.74) is 8.34. The van der Waals surface area contributed by atoms with Gasteiger partial charge in [0.2, 0.25) is 5.91 Å². The van der Waals surface area contributed by atoms with Crippen LogP contribution < -0.4 is 11.1 Å². The lowest BCUT2D eigenvalue weighted by molar-refractivity contribution is -0.123. The third-order valence-electron chi connectivity index (χ3n) is 3.72. The van der Waals surface area contributed by atoms with Crippen molar-refractivity contribution in [1.82, 2.24) is 5.32 Å². The van der Waals surface area contributed by atoms with Crippen LogP contribution in [0.1, 0.15) is 12.0 Å². The third-order valence-corrected chi connectivity index (χ3v) is 4.27. The lowest BCUT2D eigenvalue weighted by atomic mass is 9.99. The minimum atomic E-state index is -0.272. The molecule has 25 heavy (non-hydrogen) atoms. The van der Waals surface area contributed by atoms with Gasteiger partial charge < -0.3 is 15.8 Å². The molecule has 0 saturated carbocycles. The van der Waals surface area contributed by atoms with Gasteiger partial charge >= 0.3 is 0 Å². The highest BCUT2D eigenvalue weighted by Gasteiger charge is 2.13. The van der Waals surface area contributed by atoms with Crippen LogP contribution >= 0.6 is 35.6 Å². The number of methoxy groups -OCH3 is 1. The fraction of sp³-hybridized carbons (Fsp3) is 0.278. The minimum absolute atomic E-state index is 0. The Balaban J connectivity index is 0.00000312. The van der Waals surface area contributed by atoms with Gasteiger partial charge in [0, 0.05) is 35.8 Å². The van der Waals surface area contributed by atoms with Gasteiger partial charge in [0.05, 0.1) is 12.5 Å². The van der Waals surface area contributed by atoms with Crippen LogP contribution in [0.5, 0.6) is 0 Å². The molecule has 2 rings (SSSR count). The summed E-state index contributed by atoms with van der Waals surface area (Å²) < 4.78 is 5.13. The summed E-state index contributed by atoms with van der Waals surface area (Å²) in [6.07, 6.45) is -0.0393. The molecule has 3 N–H and O–H groups in total. The number of halogens is 3. The molecule has 1 amide bonds. The van der Waals surface area contributed by atoms with Crippen molar-refractivity contribution in [2.45, 2.75) is 19.1 Å². The van der Waals surface area contributed by atoms with Crippen molar-refractivity contribution < 1.29 is 9.53 Å². The predicted octanol–water partition coefficient (Wildman–Crippen LogP) is 4.06. The second kappa shape index (κ2) is 10.6. The molecule has 0 radical (unpaired) electrons. The van der Waals surface area contributed by atoms with Crippen molar-refractivity contribution in [1.29, 1.82) is 0 Å². The van der Waals surface area contributed by atoms with Gasteiger partial charge in [0.15, 0.2) is 0 Å². The maximum absolute atomic E-state index is 12.0. The molecule has 0 heterocycles. The zero-order valence-electron chi connectivity index (χ0n) is 13.8. The topological polar surface area (TPSA) is 64.3 Å². The van der Waals surface area contributed by atoms with Crippen LogP contribution in [0.2, 0.25) is 10.0 Å². The molecule has 2 aromatic carbocycles. The van der Waals surface area contributed by atoms with E-state index in [1.807, 2.05) is 30.3 Å². The normalized spacial score (nSPS) is 11.5. The van der Waals surface area contributed by atoms with Crippen molar-refractivity contribution in [3.05, 3.63) is 58.1 Å². The molecule has 7 heteroatoms. The molecule has 0 saturated heterocycles. The number of benzene rings is 2. The third kappa shape index (κ3) is 6.17. The van der Waals surface area contributed by atoms with Crippen LogP contribution in [-0.2, 0) is 16.1 Å². The SMILES string of the molecule is COC(CN)CC(=O)NCc1ccccc1-c1ccc(Cl)cc1Cl.Cl. The van der Waals surface area contributed by atoms with Gasteiger partial charge in [-0.15, -0.1) is 12.4 Å². The molecule has 0 aromatic heterocycles. The maximum atomic E-state index is 12.0. The van der Waals surface area contributed by atoms with E-state index in [9.17, 15) is 4.79 Å². The van der Waals surface area contributed by atoms with Gasteiger partial charge in [-0.25, -0.2) is 0 Å². The van der Waals surface area contributed by atoms with E-state index >= 15 is 0 Å². The monoisotopic (exact) mass is 402 g/mol. The van der Waals surface area contributed by atoms with Crippen LogP contribution in [0.4, 0.5) is 0 Å². The summed E-state index contributed by atoms with van der Waals surface area (Å²) in [6.45, 7) is 0.704. The number of rotatable bonds is 7. The molecular formula is C18H21Cl3N2O2. The van der Waals surface area contributed by atoms with E-state index in [0.29, 0.717) is 23.1 Å². The molecule has 136 valence electrons. The first-order valence-corrected chi connectivity index (χ1v) is 8.33. The lowest BCUT2D eigenvalue weighted by Crippen LogP contribution is -2.32. The van der Waals surface area contributed by atoms with Crippen LogP contribution in [0.3, 0.4) is 0 Å². The van der Waals surface area contributed by atoms with E-state index in [1.165, 1.54) is 0 Å². The van der Waals surface area contributed by atoms with Crippen molar-refractivity contribution >= 4 is 41.5 Å². The summed E-state index contributed by atoms with van der Waals surface area (Å²) in [5.74, 6) is -0.107.